The molecule has 0 aliphatic rings. The number of halogens is 2. The summed E-state index contributed by atoms with van der Waals surface area (Å²) >= 11 is 12.1. The molecule has 0 spiro atoms. The summed E-state index contributed by atoms with van der Waals surface area (Å²) in [6.07, 6.45) is 4.81. The highest BCUT2D eigenvalue weighted by Gasteiger charge is 2.31. The van der Waals surface area contributed by atoms with E-state index >= 15 is 0 Å². The Morgan fingerprint density at radius 1 is 0.615 bits per heavy atom. The van der Waals surface area contributed by atoms with Crippen molar-refractivity contribution in [2.75, 3.05) is 33.2 Å². The molecule has 2 aromatic heterocycles. The van der Waals surface area contributed by atoms with Crippen LogP contribution in [0, 0.1) is 0 Å². The summed E-state index contributed by atoms with van der Waals surface area (Å²) in [4.78, 5) is 24.1. The van der Waals surface area contributed by atoms with Crippen LogP contribution in [0.3, 0.4) is 0 Å². The van der Waals surface area contributed by atoms with Gasteiger partial charge in [-0.25, -0.2) is 11.0 Å². The maximum Gasteiger partial charge on any atom is 0.245 e. The lowest BCUT2D eigenvalue weighted by molar-refractivity contribution is -0.133. The molecule has 17 heteroatoms. The second kappa shape index (κ2) is 29.1. The first-order valence-electron chi connectivity index (χ1n) is 21.9. The Labute approximate surface area is 391 Å². The first-order chi connectivity index (χ1) is 31.4. The van der Waals surface area contributed by atoms with Gasteiger partial charge in [0.2, 0.25) is 11.8 Å². The van der Waals surface area contributed by atoms with Crippen LogP contribution in [0.5, 0.6) is 0 Å². The van der Waals surface area contributed by atoms with Crippen molar-refractivity contribution in [2.45, 2.75) is 109 Å². The number of rotatable bonds is 27. The van der Waals surface area contributed by atoms with Crippen molar-refractivity contribution in [1.82, 2.24) is 30.5 Å². The number of carbonyl (C=O) groups is 2. The zero-order valence-electron chi connectivity index (χ0n) is 37.6. The van der Waals surface area contributed by atoms with Gasteiger partial charge in [-0.05, 0) is 106 Å². The molecule has 4 atom stereocenters. The van der Waals surface area contributed by atoms with E-state index in [0.717, 1.165) is 28.1 Å². The van der Waals surface area contributed by atoms with Gasteiger partial charge in [0, 0.05) is 77.6 Å². The lowest BCUT2D eigenvalue weighted by atomic mass is 9.88. The number of hydroxylamine groups is 2. The Bertz CT molecular complexity index is 2080. The molecule has 5 rings (SSSR count). The molecule has 15 nitrogen and oxygen atoms in total. The molecule has 2 heterocycles. The third-order valence-electron chi connectivity index (χ3n) is 10.5. The molecule has 0 bridgehead atoms. The second-order valence-corrected chi connectivity index (χ2v) is 16.9. The summed E-state index contributed by atoms with van der Waals surface area (Å²) in [7, 11) is 0. The molecule has 0 radical (unpaired) electrons. The molecule has 5 N–H and O–H groups in total. The van der Waals surface area contributed by atoms with E-state index in [1.54, 1.807) is 23.4 Å². The number of nitrogens with one attached hydrogen (secondary N) is 2. The van der Waals surface area contributed by atoms with Crippen molar-refractivity contribution < 1.29 is 44.1 Å². The van der Waals surface area contributed by atoms with Crippen molar-refractivity contribution in [3.63, 3.8) is 0 Å². The molecular weight excluding hydrogens is 875 g/mol. The van der Waals surface area contributed by atoms with E-state index in [1.807, 2.05) is 114 Å². The smallest absolute Gasteiger partial charge is 0.245 e. The minimum absolute atomic E-state index is 0.000917. The molecule has 2 amide bonds. The Morgan fingerprint density at radius 2 is 1.08 bits per heavy atom. The van der Waals surface area contributed by atoms with Crippen LogP contribution in [0.1, 0.15) is 105 Å². The van der Waals surface area contributed by atoms with Crippen molar-refractivity contribution >= 4 is 35.0 Å². The van der Waals surface area contributed by atoms with Crippen molar-refractivity contribution in [3.05, 3.63) is 142 Å². The standard InChI is InChI=1S/C28H36ClN3O5.C20H28ClN3O4/c1-21(2)32-26(13-14-30-32)25(17-22-9-11-24(29)12-10-22)27(18-28(33)31-34)37-16-6-15-35-20-36-19-23-7-4-3-5-8-23;1-14(2)24-18(8-9-22-24)17(12-15-4-6-16(21)7-5-15)19(13-20(26)23-27)28-11-3-10-25/h3-5,7-14,21,25,27,34H,6,15-20H2,1-2H3,(H,31,33);4-9,14,17,19,25,27H,3,10-13H2,1-2H3,(H,23,26)/t25-,27-;17-,19-/m11/s1. The monoisotopic (exact) mass is 938 g/mol. The Balaban J connectivity index is 0.000000296. The number of aromatic nitrogens is 4. The second-order valence-electron chi connectivity index (χ2n) is 16.1. The van der Waals surface area contributed by atoms with Gasteiger partial charge >= 0.3 is 0 Å². The average Bonchev–Trinajstić information content (AvgIpc) is 4.01. The number of aliphatic hydroxyl groups excluding tert-OH is 1. The van der Waals surface area contributed by atoms with E-state index in [-0.39, 0.29) is 50.2 Å². The normalized spacial score (nSPS) is 13.2. The topological polar surface area (TPSA) is 191 Å². The van der Waals surface area contributed by atoms with Crippen LogP contribution in [0.15, 0.2) is 103 Å². The molecule has 0 saturated heterocycles. The fourth-order valence-corrected chi connectivity index (χ4v) is 7.59. The number of aliphatic hydroxyl groups is 1. The summed E-state index contributed by atoms with van der Waals surface area (Å²) < 4.78 is 27.2. The van der Waals surface area contributed by atoms with Crippen molar-refractivity contribution in [1.29, 1.82) is 0 Å². The van der Waals surface area contributed by atoms with E-state index in [4.69, 9.17) is 52.5 Å². The lowest BCUT2D eigenvalue weighted by Crippen LogP contribution is -2.33. The van der Waals surface area contributed by atoms with E-state index in [1.165, 1.54) is 0 Å². The fourth-order valence-electron chi connectivity index (χ4n) is 7.34. The van der Waals surface area contributed by atoms with Crippen LogP contribution in [0.4, 0.5) is 0 Å². The molecule has 0 aliphatic carbocycles. The van der Waals surface area contributed by atoms with Crippen LogP contribution in [-0.2, 0) is 48.0 Å². The fraction of sp³-hybridized carbons (Fsp3) is 0.458. The molecule has 354 valence electrons. The highest BCUT2D eigenvalue weighted by molar-refractivity contribution is 6.30. The number of carbonyl (C=O) groups excluding carboxylic acids is 2. The van der Waals surface area contributed by atoms with Gasteiger partial charge in [-0.2, -0.15) is 10.2 Å². The number of benzene rings is 3. The van der Waals surface area contributed by atoms with E-state index in [0.29, 0.717) is 62.2 Å². The summed E-state index contributed by atoms with van der Waals surface area (Å²) in [6.45, 7) is 10.0. The van der Waals surface area contributed by atoms with Gasteiger partial charge in [0.1, 0.15) is 6.79 Å². The minimum atomic E-state index is -0.522. The zero-order chi connectivity index (χ0) is 47.0. The van der Waals surface area contributed by atoms with E-state index in [2.05, 4.69) is 24.0 Å². The summed E-state index contributed by atoms with van der Waals surface area (Å²) in [5, 5.41) is 37.5. The largest absolute Gasteiger partial charge is 0.396 e. The summed E-state index contributed by atoms with van der Waals surface area (Å²) in [6, 6.07) is 29.3. The van der Waals surface area contributed by atoms with E-state index < -0.39 is 24.0 Å². The Hall–Kier alpha value is -4.68. The maximum atomic E-state index is 12.2. The van der Waals surface area contributed by atoms with Gasteiger partial charge < -0.3 is 24.1 Å². The minimum Gasteiger partial charge on any atom is -0.396 e. The van der Waals surface area contributed by atoms with Crippen LogP contribution < -0.4 is 11.0 Å². The average molecular weight is 940 g/mol. The number of hydrogen-bond donors (Lipinski definition) is 5. The molecule has 0 fully saturated rings. The number of ether oxygens (including phenoxy) is 4. The third kappa shape index (κ3) is 18.3. The molecular formula is C48H64Cl2N6O9. The third-order valence-corrected chi connectivity index (χ3v) is 11.0. The van der Waals surface area contributed by atoms with Gasteiger partial charge in [-0.1, -0.05) is 77.8 Å². The van der Waals surface area contributed by atoms with Crippen LogP contribution in [-0.4, -0.2) is 92.3 Å². The van der Waals surface area contributed by atoms with Crippen LogP contribution in [0.25, 0.3) is 0 Å². The number of hydrogen-bond acceptors (Lipinski definition) is 11. The van der Waals surface area contributed by atoms with E-state index in [9.17, 15) is 14.8 Å². The van der Waals surface area contributed by atoms with Gasteiger partial charge in [0.15, 0.2) is 0 Å². The first-order valence-corrected chi connectivity index (χ1v) is 22.6. The number of amides is 2. The van der Waals surface area contributed by atoms with Gasteiger partial charge in [-0.15, -0.1) is 0 Å². The molecule has 0 unspecified atom stereocenters. The zero-order valence-corrected chi connectivity index (χ0v) is 39.1. The summed E-state index contributed by atoms with van der Waals surface area (Å²) in [5.74, 6) is -1.39. The predicted octanol–water partition coefficient (Wildman–Crippen LogP) is 8.41. The first kappa shape index (κ1) is 52.9. The number of nitrogens with zero attached hydrogens (tertiary/aromatic N) is 4. The van der Waals surface area contributed by atoms with Crippen LogP contribution in [0.2, 0.25) is 10.0 Å². The van der Waals surface area contributed by atoms with Crippen molar-refractivity contribution in [3.8, 4) is 0 Å². The highest BCUT2D eigenvalue weighted by Crippen LogP contribution is 2.32. The van der Waals surface area contributed by atoms with Gasteiger partial charge in [0.25, 0.3) is 0 Å². The van der Waals surface area contributed by atoms with Gasteiger partial charge in [0.05, 0.1) is 38.3 Å². The quantitative estimate of drug-likeness (QED) is 0.0147. The Morgan fingerprint density at radius 3 is 1.51 bits per heavy atom. The molecule has 5 aromatic rings. The molecule has 65 heavy (non-hydrogen) atoms. The van der Waals surface area contributed by atoms with Crippen molar-refractivity contribution in [2.24, 2.45) is 0 Å². The van der Waals surface area contributed by atoms with Gasteiger partial charge in [-0.3, -0.25) is 29.4 Å². The lowest BCUT2D eigenvalue weighted by Gasteiger charge is -2.29. The molecule has 0 aliphatic heterocycles. The maximum absolute atomic E-state index is 12.2. The molecule has 0 saturated carbocycles. The molecule has 3 aromatic carbocycles. The predicted molar refractivity (Wildman–Crippen MR) is 248 cm³/mol. The highest BCUT2D eigenvalue weighted by atomic mass is 35.5. The SMILES string of the molecule is CC(C)n1nccc1[C@@H](Cc1ccc(Cl)cc1)[C@@H](CC(=O)NO)OCCCO.CC(C)n1nccc1[C@@H](Cc1ccc(Cl)cc1)[C@@H](CC(=O)NO)OCCCOCOCc1ccccc1. The van der Waals surface area contributed by atoms with Crippen LogP contribution >= 0.6 is 23.2 Å². The summed E-state index contributed by atoms with van der Waals surface area (Å²) in [5.41, 5.74) is 8.54. The Kier molecular flexibility index (Phi) is 23.7.